The SMILES string of the molecule is CSN1CCC[C@@](O)(CN2CCOCC2)C1. The fourth-order valence-electron chi connectivity index (χ4n) is 2.53. The highest BCUT2D eigenvalue weighted by Gasteiger charge is 2.35. The number of hydrogen-bond acceptors (Lipinski definition) is 5. The van der Waals surface area contributed by atoms with Crippen molar-refractivity contribution in [3.63, 3.8) is 0 Å². The molecular formula is C11H22N2O2S. The summed E-state index contributed by atoms with van der Waals surface area (Å²) >= 11 is 1.74. The third-order valence-electron chi connectivity index (χ3n) is 3.40. The predicted octanol–water partition coefficient (Wildman–Crippen LogP) is 0.423. The van der Waals surface area contributed by atoms with E-state index in [2.05, 4.69) is 15.5 Å². The highest BCUT2D eigenvalue weighted by atomic mass is 32.2. The zero-order valence-corrected chi connectivity index (χ0v) is 10.8. The van der Waals surface area contributed by atoms with Gasteiger partial charge in [0.15, 0.2) is 0 Å². The molecule has 0 spiro atoms. The molecular weight excluding hydrogens is 224 g/mol. The Morgan fingerprint density at radius 1 is 1.31 bits per heavy atom. The number of aliphatic hydroxyl groups is 1. The summed E-state index contributed by atoms with van der Waals surface area (Å²) in [6.45, 7) is 6.24. The first-order valence-corrected chi connectivity index (χ1v) is 7.22. The molecule has 0 radical (unpaired) electrons. The van der Waals surface area contributed by atoms with Gasteiger partial charge >= 0.3 is 0 Å². The van der Waals surface area contributed by atoms with Crippen molar-refractivity contribution in [1.82, 2.24) is 9.21 Å². The van der Waals surface area contributed by atoms with Gasteiger partial charge in [-0.3, -0.25) is 4.90 Å². The van der Waals surface area contributed by atoms with Gasteiger partial charge in [-0.25, -0.2) is 4.31 Å². The van der Waals surface area contributed by atoms with E-state index in [1.54, 1.807) is 11.9 Å². The van der Waals surface area contributed by atoms with Crippen molar-refractivity contribution in [2.24, 2.45) is 0 Å². The van der Waals surface area contributed by atoms with Gasteiger partial charge in [0.1, 0.15) is 0 Å². The molecule has 5 heteroatoms. The van der Waals surface area contributed by atoms with Crippen LogP contribution in [-0.4, -0.2) is 72.1 Å². The number of piperidine rings is 1. The quantitative estimate of drug-likeness (QED) is 0.731. The molecule has 0 aromatic heterocycles. The molecule has 2 aliphatic rings. The van der Waals surface area contributed by atoms with Gasteiger partial charge in [-0.05, 0) is 19.1 Å². The van der Waals surface area contributed by atoms with Crippen molar-refractivity contribution in [3.05, 3.63) is 0 Å². The van der Waals surface area contributed by atoms with E-state index in [-0.39, 0.29) is 0 Å². The fraction of sp³-hybridized carbons (Fsp3) is 1.00. The van der Waals surface area contributed by atoms with Gasteiger partial charge in [0.25, 0.3) is 0 Å². The van der Waals surface area contributed by atoms with Crippen LogP contribution in [0.25, 0.3) is 0 Å². The topological polar surface area (TPSA) is 35.9 Å². The molecule has 0 aromatic rings. The summed E-state index contributed by atoms with van der Waals surface area (Å²) in [6, 6.07) is 0. The monoisotopic (exact) mass is 246 g/mol. The highest BCUT2D eigenvalue weighted by Crippen LogP contribution is 2.25. The summed E-state index contributed by atoms with van der Waals surface area (Å²) in [7, 11) is 0. The molecule has 0 aliphatic carbocycles. The van der Waals surface area contributed by atoms with Crippen LogP contribution < -0.4 is 0 Å². The van der Waals surface area contributed by atoms with Crippen molar-refractivity contribution < 1.29 is 9.84 Å². The molecule has 0 amide bonds. The van der Waals surface area contributed by atoms with Crippen LogP contribution in [0.1, 0.15) is 12.8 Å². The Morgan fingerprint density at radius 3 is 2.75 bits per heavy atom. The summed E-state index contributed by atoms with van der Waals surface area (Å²) in [5, 5.41) is 10.6. The zero-order chi connectivity index (χ0) is 11.4. The molecule has 16 heavy (non-hydrogen) atoms. The molecule has 2 saturated heterocycles. The standard InChI is InChI=1S/C11H22N2O2S/c1-16-13-4-2-3-11(14,10-13)9-12-5-7-15-8-6-12/h14H,2-10H2,1H3/t11-/m1/s1. The number of nitrogens with zero attached hydrogens (tertiary/aromatic N) is 2. The minimum atomic E-state index is -0.515. The summed E-state index contributed by atoms with van der Waals surface area (Å²) in [4.78, 5) is 2.33. The van der Waals surface area contributed by atoms with Crippen LogP contribution in [0.15, 0.2) is 0 Å². The van der Waals surface area contributed by atoms with E-state index in [0.717, 1.165) is 58.8 Å². The number of β-amino-alcohol motifs (C(OH)–C–C–N with tert-alkyl or cyclic N) is 1. The first-order chi connectivity index (χ1) is 7.72. The van der Waals surface area contributed by atoms with Crippen molar-refractivity contribution in [2.75, 3.05) is 52.2 Å². The Balaban J connectivity index is 1.85. The van der Waals surface area contributed by atoms with Crippen LogP contribution in [-0.2, 0) is 4.74 Å². The Morgan fingerprint density at radius 2 is 2.06 bits per heavy atom. The lowest BCUT2D eigenvalue weighted by atomic mass is 9.93. The second kappa shape index (κ2) is 5.69. The van der Waals surface area contributed by atoms with Crippen molar-refractivity contribution in [1.29, 1.82) is 0 Å². The number of morpholine rings is 1. The van der Waals surface area contributed by atoms with Gasteiger partial charge in [-0.1, -0.05) is 11.9 Å². The highest BCUT2D eigenvalue weighted by molar-refractivity contribution is 7.96. The first kappa shape index (κ1) is 12.6. The molecule has 0 unspecified atom stereocenters. The van der Waals surface area contributed by atoms with Crippen LogP contribution >= 0.6 is 11.9 Å². The van der Waals surface area contributed by atoms with Crippen LogP contribution in [0.2, 0.25) is 0 Å². The van der Waals surface area contributed by atoms with E-state index < -0.39 is 5.60 Å². The largest absolute Gasteiger partial charge is 0.387 e. The average molecular weight is 246 g/mol. The minimum Gasteiger partial charge on any atom is -0.387 e. The van der Waals surface area contributed by atoms with E-state index in [4.69, 9.17) is 4.74 Å². The first-order valence-electron chi connectivity index (χ1n) is 6.03. The van der Waals surface area contributed by atoms with Crippen molar-refractivity contribution >= 4 is 11.9 Å². The van der Waals surface area contributed by atoms with Crippen LogP contribution in [0.5, 0.6) is 0 Å². The molecule has 0 bridgehead atoms. The Bertz CT molecular complexity index is 224. The lowest BCUT2D eigenvalue weighted by Crippen LogP contribution is -2.54. The maximum atomic E-state index is 10.6. The summed E-state index contributed by atoms with van der Waals surface area (Å²) in [5.74, 6) is 0. The van der Waals surface area contributed by atoms with Gasteiger partial charge in [-0.15, -0.1) is 0 Å². The smallest absolute Gasteiger partial charge is 0.0910 e. The van der Waals surface area contributed by atoms with Crippen LogP contribution in [0, 0.1) is 0 Å². The fourth-order valence-corrected chi connectivity index (χ4v) is 3.21. The Kier molecular flexibility index (Phi) is 4.49. The van der Waals surface area contributed by atoms with Gasteiger partial charge in [0, 0.05) is 32.7 Å². The molecule has 1 N–H and O–H groups in total. The van der Waals surface area contributed by atoms with E-state index in [9.17, 15) is 5.11 Å². The third-order valence-corrected chi connectivity index (χ3v) is 4.23. The van der Waals surface area contributed by atoms with Gasteiger partial charge in [-0.2, -0.15) is 0 Å². The second-order valence-corrected chi connectivity index (χ2v) is 5.64. The summed E-state index contributed by atoms with van der Waals surface area (Å²) < 4.78 is 7.59. The molecule has 1 atom stereocenters. The summed E-state index contributed by atoms with van der Waals surface area (Å²) in [6.07, 6.45) is 4.11. The normalized spacial score (nSPS) is 34.1. The number of rotatable bonds is 3. The predicted molar refractivity (Wildman–Crippen MR) is 66.5 cm³/mol. The molecule has 0 saturated carbocycles. The molecule has 2 heterocycles. The van der Waals surface area contributed by atoms with Crippen LogP contribution in [0.3, 0.4) is 0 Å². The van der Waals surface area contributed by atoms with E-state index >= 15 is 0 Å². The zero-order valence-electron chi connectivity index (χ0n) is 10.0. The minimum absolute atomic E-state index is 0.515. The van der Waals surface area contributed by atoms with Gasteiger partial charge in [0.05, 0.1) is 18.8 Å². The van der Waals surface area contributed by atoms with Gasteiger partial charge in [0.2, 0.25) is 0 Å². The van der Waals surface area contributed by atoms with Crippen LogP contribution in [0.4, 0.5) is 0 Å². The van der Waals surface area contributed by atoms with E-state index in [1.165, 1.54) is 0 Å². The summed E-state index contributed by atoms with van der Waals surface area (Å²) in [5.41, 5.74) is -0.515. The average Bonchev–Trinajstić information content (AvgIpc) is 2.29. The lowest BCUT2D eigenvalue weighted by Gasteiger charge is -2.41. The maximum Gasteiger partial charge on any atom is 0.0910 e. The molecule has 4 nitrogen and oxygen atoms in total. The third kappa shape index (κ3) is 3.34. The number of hydrogen-bond donors (Lipinski definition) is 1. The lowest BCUT2D eigenvalue weighted by molar-refractivity contribution is -0.0549. The molecule has 2 fully saturated rings. The second-order valence-electron chi connectivity index (χ2n) is 4.76. The molecule has 94 valence electrons. The van der Waals surface area contributed by atoms with Gasteiger partial charge < -0.3 is 9.84 Å². The van der Waals surface area contributed by atoms with Crippen molar-refractivity contribution in [2.45, 2.75) is 18.4 Å². The van der Waals surface area contributed by atoms with E-state index in [0.29, 0.717) is 0 Å². The Labute approximate surface area is 102 Å². The molecule has 2 aliphatic heterocycles. The van der Waals surface area contributed by atoms with E-state index in [1.807, 2.05) is 0 Å². The number of ether oxygens (including phenoxy) is 1. The molecule has 0 aromatic carbocycles. The molecule has 2 rings (SSSR count). The Hall–Kier alpha value is 0.190. The van der Waals surface area contributed by atoms with Crippen molar-refractivity contribution in [3.8, 4) is 0 Å². The maximum absolute atomic E-state index is 10.6.